The van der Waals surface area contributed by atoms with E-state index in [-0.39, 0.29) is 6.10 Å². The molecule has 0 aromatic heterocycles. The van der Waals surface area contributed by atoms with E-state index in [1.165, 1.54) is 0 Å². The fraction of sp³-hybridized carbons (Fsp3) is 0.750. The first-order valence-electron chi connectivity index (χ1n) is 2.31. The Labute approximate surface area is 46.2 Å². The summed E-state index contributed by atoms with van der Waals surface area (Å²) >= 11 is 0. The zero-order valence-corrected chi connectivity index (χ0v) is 4.20. The third-order valence-electron chi connectivity index (χ3n) is 1.00. The second-order valence-corrected chi connectivity index (χ2v) is 1.72. The Morgan fingerprint density at radius 3 is 2.62 bits per heavy atom. The summed E-state index contributed by atoms with van der Waals surface area (Å²) in [6.07, 6.45) is -1.43. The molecule has 0 radical (unpaired) electrons. The van der Waals surface area contributed by atoms with Gasteiger partial charge in [-0.25, -0.2) is 0 Å². The molecule has 4 heteroatoms. The van der Waals surface area contributed by atoms with E-state index in [0.717, 1.165) is 0 Å². The normalized spacial score (nSPS) is 29.4. The topological polar surface area (TPSA) is 75.9 Å². The summed E-state index contributed by atoms with van der Waals surface area (Å²) in [5.74, 6) is -0.715. The predicted octanol–water partition coefficient (Wildman–Crippen LogP) is -1.77. The van der Waals surface area contributed by atoms with Crippen LogP contribution in [0.5, 0.6) is 0 Å². The molecule has 0 spiro atoms. The van der Waals surface area contributed by atoms with E-state index in [1.807, 2.05) is 0 Å². The summed E-state index contributed by atoms with van der Waals surface area (Å²) in [7, 11) is 0. The van der Waals surface area contributed by atoms with Crippen LogP contribution in [-0.4, -0.2) is 29.8 Å². The van der Waals surface area contributed by atoms with Gasteiger partial charge in [-0.3, -0.25) is 4.79 Å². The second-order valence-electron chi connectivity index (χ2n) is 1.72. The number of hydrogen-bond acceptors (Lipinski definition) is 3. The van der Waals surface area contributed by atoms with E-state index < -0.39 is 12.0 Å². The monoisotopic (exact) mass is 117 g/mol. The lowest BCUT2D eigenvalue weighted by molar-refractivity contribution is -0.126. The number of aliphatic hydroxyl groups is 1. The molecule has 0 aliphatic carbocycles. The molecule has 4 nitrogen and oxygen atoms in total. The molecule has 2 atom stereocenters. The van der Waals surface area contributed by atoms with Crippen LogP contribution in [-0.2, 0) is 9.53 Å². The number of aliphatic hydroxyl groups excluding tert-OH is 1. The van der Waals surface area contributed by atoms with E-state index in [4.69, 9.17) is 10.8 Å². The zero-order chi connectivity index (χ0) is 6.15. The summed E-state index contributed by atoms with van der Waals surface area (Å²) in [4.78, 5) is 10.1. The molecule has 1 fully saturated rings. The standard InChI is InChI=1S/C4H7NO3/c5-4(7)3(6)2-1-8-2/h2-3,6H,1H2,(H2,5,7)/t2-,3+/m0/s1. The lowest BCUT2D eigenvalue weighted by Gasteiger charge is -1.97. The molecule has 1 aliphatic heterocycles. The Kier molecular flexibility index (Phi) is 1.19. The van der Waals surface area contributed by atoms with Gasteiger partial charge in [-0.1, -0.05) is 0 Å². The lowest BCUT2D eigenvalue weighted by atomic mass is 10.3. The number of carbonyl (C=O) groups is 1. The Morgan fingerprint density at radius 2 is 2.50 bits per heavy atom. The van der Waals surface area contributed by atoms with Crippen LogP contribution in [0.3, 0.4) is 0 Å². The number of primary amides is 1. The largest absolute Gasteiger partial charge is 0.380 e. The average Bonchev–Trinajstić information content (AvgIpc) is 2.43. The van der Waals surface area contributed by atoms with Gasteiger partial charge in [-0.05, 0) is 0 Å². The highest BCUT2D eigenvalue weighted by Crippen LogP contribution is 2.12. The van der Waals surface area contributed by atoms with Crippen molar-refractivity contribution in [3.63, 3.8) is 0 Å². The molecule has 8 heavy (non-hydrogen) atoms. The number of nitrogens with two attached hydrogens (primary N) is 1. The first-order chi connectivity index (χ1) is 3.72. The third-order valence-corrected chi connectivity index (χ3v) is 1.00. The van der Waals surface area contributed by atoms with Crippen molar-refractivity contribution in [2.75, 3.05) is 6.61 Å². The number of carbonyl (C=O) groups excluding carboxylic acids is 1. The minimum Gasteiger partial charge on any atom is -0.380 e. The van der Waals surface area contributed by atoms with Crippen molar-refractivity contribution in [3.8, 4) is 0 Å². The number of amides is 1. The van der Waals surface area contributed by atoms with Crippen molar-refractivity contribution in [2.45, 2.75) is 12.2 Å². The summed E-state index contributed by atoms with van der Waals surface area (Å²) in [5, 5.41) is 8.67. The van der Waals surface area contributed by atoms with Crippen LogP contribution < -0.4 is 5.73 Å². The SMILES string of the molecule is NC(=O)[C@H](O)[C@@H]1CO1. The Balaban J connectivity index is 2.32. The molecular formula is C4H7NO3. The number of hydrogen-bond donors (Lipinski definition) is 2. The number of ether oxygens (including phenoxy) is 1. The van der Waals surface area contributed by atoms with Gasteiger partial charge in [0.2, 0.25) is 5.91 Å². The second kappa shape index (κ2) is 1.72. The van der Waals surface area contributed by atoms with Gasteiger partial charge < -0.3 is 15.6 Å². The van der Waals surface area contributed by atoms with Crippen LogP contribution in [0.4, 0.5) is 0 Å². The maximum Gasteiger partial charge on any atom is 0.249 e. The molecular weight excluding hydrogens is 110 g/mol. The quantitative estimate of drug-likeness (QED) is 0.420. The first-order valence-corrected chi connectivity index (χ1v) is 2.31. The minimum atomic E-state index is -1.10. The van der Waals surface area contributed by atoms with E-state index in [1.54, 1.807) is 0 Å². The van der Waals surface area contributed by atoms with E-state index in [0.29, 0.717) is 6.61 Å². The van der Waals surface area contributed by atoms with Gasteiger partial charge in [-0.2, -0.15) is 0 Å². The molecule has 0 aromatic rings. The van der Waals surface area contributed by atoms with Crippen LogP contribution in [0.15, 0.2) is 0 Å². The summed E-state index contributed by atoms with van der Waals surface area (Å²) < 4.78 is 4.58. The lowest BCUT2D eigenvalue weighted by Crippen LogP contribution is -2.32. The van der Waals surface area contributed by atoms with Gasteiger partial charge in [0, 0.05) is 0 Å². The van der Waals surface area contributed by atoms with Crippen molar-refractivity contribution in [3.05, 3.63) is 0 Å². The molecule has 3 N–H and O–H groups in total. The van der Waals surface area contributed by atoms with E-state index in [2.05, 4.69) is 4.74 Å². The molecule has 1 rings (SSSR count). The fourth-order valence-electron chi connectivity index (χ4n) is 0.421. The Hall–Kier alpha value is -0.610. The van der Waals surface area contributed by atoms with Crippen LogP contribution in [0, 0.1) is 0 Å². The average molecular weight is 117 g/mol. The van der Waals surface area contributed by atoms with Crippen molar-refractivity contribution in [2.24, 2.45) is 5.73 Å². The predicted molar refractivity (Wildman–Crippen MR) is 24.9 cm³/mol. The molecule has 1 amide bonds. The molecule has 0 saturated carbocycles. The third kappa shape index (κ3) is 0.962. The van der Waals surface area contributed by atoms with Gasteiger partial charge >= 0.3 is 0 Å². The summed E-state index contributed by atoms with van der Waals surface area (Å²) in [5.41, 5.74) is 4.71. The number of epoxide rings is 1. The number of rotatable bonds is 2. The molecule has 46 valence electrons. The van der Waals surface area contributed by atoms with Gasteiger partial charge in [0.05, 0.1) is 6.61 Å². The Morgan fingerprint density at radius 1 is 2.00 bits per heavy atom. The maximum absolute atomic E-state index is 10.1. The van der Waals surface area contributed by atoms with Gasteiger partial charge in [0.25, 0.3) is 0 Å². The van der Waals surface area contributed by atoms with E-state index >= 15 is 0 Å². The molecule has 0 aromatic carbocycles. The molecule has 1 saturated heterocycles. The van der Waals surface area contributed by atoms with Crippen LogP contribution in [0.1, 0.15) is 0 Å². The molecule has 0 unspecified atom stereocenters. The van der Waals surface area contributed by atoms with Crippen molar-refractivity contribution >= 4 is 5.91 Å². The van der Waals surface area contributed by atoms with Gasteiger partial charge in [0.1, 0.15) is 6.10 Å². The van der Waals surface area contributed by atoms with Gasteiger partial charge in [0.15, 0.2) is 6.10 Å². The van der Waals surface area contributed by atoms with Crippen LogP contribution >= 0.6 is 0 Å². The highest BCUT2D eigenvalue weighted by atomic mass is 16.6. The van der Waals surface area contributed by atoms with Crippen LogP contribution in [0.2, 0.25) is 0 Å². The van der Waals surface area contributed by atoms with Crippen molar-refractivity contribution in [1.29, 1.82) is 0 Å². The molecule has 0 bridgehead atoms. The van der Waals surface area contributed by atoms with Gasteiger partial charge in [-0.15, -0.1) is 0 Å². The van der Waals surface area contributed by atoms with Crippen LogP contribution in [0.25, 0.3) is 0 Å². The first kappa shape index (κ1) is 5.53. The van der Waals surface area contributed by atoms with Crippen molar-refractivity contribution < 1.29 is 14.6 Å². The molecule has 1 aliphatic rings. The maximum atomic E-state index is 10.1. The highest BCUT2D eigenvalue weighted by molar-refractivity contribution is 5.79. The summed E-state index contributed by atoms with van der Waals surface area (Å²) in [6, 6.07) is 0. The highest BCUT2D eigenvalue weighted by Gasteiger charge is 2.34. The van der Waals surface area contributed by atoms with Crippen molar-refractivity contribution in [1.82, 2.24) is 0 Å². The van der Waals surface area contributed by atoms with E-state index in [9.17, 15) is 4.79 Å². The smallest absolute Gasteiger partial charge is 0.249 e. The Bertz CT molecular complexity index is 110. The minimum absolute atomic E-state index is 0.326. The summed E-state index contributed by atoms with van der Waals surface area (Å²) in [6.45, 7) is 0.449. The zero-order valence-electron chi connectivity index (χ0n) is 4.20. The molecule has 1 heterocycles. The fourth-order valence-corrected chi connectivity index (χ4v) is 0.421.